The van der Waals surface area contributed by atoms with E-state index in [4.69, 9.17) is 5.10 Å². The fourth-order valence-electron chi connectivity index (χ4n) is 6.49. The van der Waals surface area contributed by atoms with Gasteiger partial charge in [-0.25, -0.2) is 4.39 Å². The van der Waals surface area contributed by atoms with Gasteiger partial charge in [0, 0.05) is 24.9 Å². The summed E-state index contributed by atoms with van der Waals surface area (Å²) in [6.07, 6.45) is 8.10. The number of fused-ring (bicyclic) bond motifs is 2. The van der Waals surface area contributed by atoms with Crippen LogP contribution < -0.4 is 0 Å². The van der Waals surface area contributed by atoms with E-state index in [-0.39, 0.29) is 23.1 Å². The summed E-state index contributed by atoms with van der Waals surface area (Å²) >= 11 is 0. The van der Waals surface area contributed by atoms with Crippen LogP contribution in [-0.4, -0.2) is 23.0 Å². The van der Waals surface area contributed by atoms with Crippen molar-refractivity contribution in [2.24, 2.45) is 27.8 Å². The number of halogens is 1. The Kier molecular flexibility index (Phi) is 5.80. The topological polar surface area (TPSA) is 32.7 Å². The van der Waals surface area contributed by atoms with Crippen molar-refractivity contribution in [3.63, 3.8) is 0 Å². The zero-order valence-electron chi connectivity index (χ0n) is 19.1. The highest BCUT2D eigenvalue weighted by molar-refractivity contribution is 6.40. The van der Waals surface area contributed by atoms with Crippen LogP contribution in [0.15, 0.2) is 29.4 Å². The molecule has 2 saturated carbocycles. The van der Waals surface area contributed by atoms with E-state index in [2.05, 4.69) is 27.7 Å². The Morgan fingerprint density at radius 3 is 2.63 bits per heavy atom. The number of carbonyl (C=O) groups excluding carboxylic acids is 1. The third-order valence-corrected chi connectivity index (χ3v) is 8.98. The van der Waals surface area contributed by atoms with Crippen LogP contribution in [0.3, 0.4) is 0 Å². The number of hydrogen-bond acceptors (Lipinski definition) is 3. The van der Waals surface area contributed by atoms with Crippen molar-refractivity contribution in [1.29, 1.82) is 0 Å². The molecule has 0 amide bonds. The van der Waals surface area contributed by atoms with E-state index in [0.717, 1.165) is 31.7 Å². The Balaban J connectivity index is 1.50. The van der Waals surface area contributed by atoms with Crippen LogP contribution in [0.4, 0.5) is 4.39 Å². The summed E-state index contributed by atoms with van der Waals surface area (Å²) in [6, 6.07) is 6.79. The molecular formula is C26H37FN2O. The van der Waals surface area contributed by atoms with E-state index >= 15 is 0 Å². The van der Waals surface area contributed by atoms with Crippen LogP contribution in [0.2, 0.25) is 0 Å². The second kappa shape index (κ2) is 8.09. The average molecular weight is 413 g/mol. The molecule has 2 fully saturated rings. The molecule has 4 atom stereocenters. The lowest BCUT2D eigenvalue weighted by atomic mass is 9.65. The molecule has 2 aliphatic carbocycles. The van der Waals surface area contributed by atoms with Crippen LogP contribution in [0.25, 0.3) is 0 Å². The van der Waals surface area contributed by atoms with Crippen molar-refractivity contribution >= 4 is 11.5 Å². The fourth-order valence-corrected chi connectivity index (χ4v) is 6.49. The molecule has 1 aromatic carbocycles. The van der Waals surface area contributed by atoms with E-state index in [1.807, 2.05) is 17.1 Å². The molecule has 0 spiro atoms. The Labute approximate surface area is 181 Å². The van der Waals surface area contributed by atoms with Gasteiger partial charge in [0.15, 0.2) is 5.78 Å². The van der Waals surface area contributed by atoms with Crippen molar-refractivity contribution in [2.75, 3.05) is 6.54 Å². The van der Waals surface area contributed by atoms with E-state index in [9.17, 15) is 9.18 Å². The predicted octanol–water partition coefficient (Wildman–Crippen LogP) is 6.54. The first kappa shape index (κ1) is 21.5. The molecule has 0 N–H and O–H groups in total. The molecule has 164 valence electrons. The second-order valence-electron chi connectivity index (χ2n) is 10.6. The second-order valence-corrected chi connectivity index (χ2v) is 10.6. The highest BCUT2D eigenvalue weighted by Crippen LogP contribution is 2.68. The van der Waals surface area contributed by atoms with Crippen LogP contribution in [0, 0.1) is 28.5 Å². The molecule has 0 radical (unpaired) electrons. The number of benzene rings is 1. The van der Waals surface area contributed by atoms with Gasteiger partial charge in [0.2, 0.25) is 0 Å². The zero-order valence-corrected chi connectivity index (χ0v) is 19.1. The standard InChI is InChI=1S/C26H37FN2O/c1-5-6-9-14-29-23(20-10-7-8-11-21(20)27)17-22(28-29)24(30)16-19-15-18-12-13-26(19,4)25(18,2)3/h7-8,10-11,18-19,23H,5-6,9,12-17H2,1-4H3/t18-,19-,23?,26+/m1/s1. The van der Waals surface area contributed by atoms with E-state index < -0.39 is 0 Å². The van der Waals surface area contributed by atoms with Gasteiger partial charge < -0.3 is 0 Å². The lowest BCUT2D eigenvalue weighted by Crippen LogP contribution is -2.34. The van der Waals surface area contributed by atoms with Gasteiger partial charge in [-0.15, -0.1) is 0 Å². The molecule has 1 unspecified atom stereocenters. The lowest BCUT2D eigenvalue weighted by molar-refractivity contribution is -0.115. The summed E-state index contributed by atoms with van der Waals surface area (Å²) in [5, 5.41) is 6.74. The van der Waals surface area contributed by atoms with Gasteiger partial charge in [-0.3, -0.25) is 9.80 Å². The summed E-state index contributed by atoms with van der Waals surface area (Å²) in [5.74, 6) is 1.17. The summed E-state index contributed by atoms with van der Waals surface area (Å²) in [4.78, 5) is 13.3. The summed E-state index contributed by atoms with van der Waals surface area (Å²) < 4.78 is 14.5. The van der Waals surface area contributed by atoms with Gasteiger partial charge in [-0.2, -0.15) is 5.10 Å². The zero-order chi connectivity index (χ0) is 21.5. The van der Waals surface area contributed by atoms with Crippen LogP contribution in [0.1, 0.15) is 90.7 Å². The SMILES string of the molecule is CCCCCN1N=C(C(=O)C[C@H]2C[C@H]3CC[C@]2(C)C3(C)C)CC1c1ccccc1F. The molecule has 3 aliphatic rings. The minimum Gasteiger partial charge on any atom is -0.293 e. The molecule has 1 aliphatic heterocycles. The molecule has 4 rings (SSSR count). The number of nitrogens with zero attached hydrogens (tertiary/aromatic N) is 2. The Bertz CT molecular complexity index is 832. The van der Waals surface area contributed by atoms with Crippen LogP contribution in [-0.2, 0) is 4.79 Å². The minimum atomic E-state index is -0.200. The molecule has 1 aromatic rings. The number of unbranched alkanes of at least 4 members (excludes halogenated alkanes) is 2. The number of Topliss-reactive ketones (excluding diaryl/α,β-unsaturated/α-hetero) is 1. The smallest absolute Gasteiger partial charge is 0.179 e. The lowest BCUT2D eigenvalue weighted by Gasteiger charge is -2.39. The maximum absolute atomic E-state index is 14.5. The molecule has 2 bridgehead atoms. The molecule has 0 saturated heterocycles. The molecular weight excluding hydrogens is 375 g/mol. The highest BCUT2D eigenvalue weighted by Gasteiger charge is 2.61. The number of rotatable bonds is 8. The first-order valence-corrected chi connectivity index (χ1v) is 11.9. The highest BCUT2D eigenvalue weighted by atomic mass is 19.1. The van der Waals surface area contributed by atoms with Crippen molar-refractivity contribution in [3.8, 4) is 0 Å². The largest absolute Gasteiger partial charge is 0.293 e. The average Bonchev–Trinajstić information content (AvgIpc) is 3.28. The minimum absolute atomic E-state index is 0.158. The Morgan fingerprint density at radius 1 is 1.23 bits per heavy atom. The van der Waals surface area contributed by atoms with Gasteiger partial charge in [-0.05, 0) is 54.4 Å². The maximum atomic E-state index is 14.5. The number of carbonyl (C=O) groups is 1. The van der Waals surface area contributed by atoms with Gasteiger partial charge in [0.1, 0.15) is 11.5 Å². The maximum Gasteiger partial charge on any atom is 0.179 e. The fraction of sp³-hybridized carbons (Fsp3) is 0.692. The quantitative estimate of drug-likeness (QED) is 0.454. The molecule has 4 heteroatoms. The summed E-state index contributed by atoms with van der Waals surface area (Å²) in [7, 11) is 0. The Morgan fingerprint density at radius 2 is 2.00 bits per heavy atom. The van der Waals surface area contributed by atoms with Gasteiger partial charge in [-0.1, -0.05) is 58.7 Å². The van der Waals surface area contributed by atoms with Gasteiger partial charge in [0.05, 0.1) is 6.04 Å². The molecule has 0 aromatic heterocycles. The molecule has 30 heavy (non-hydrogen) atoms. The number of ketones is 1. The first-order chi connectivity index (χ1) is 14.3. The van der Waals surface area contributed by atoms with Crippen molar-refractivity contribution in [3.05, 3.63) is 35.6 Å². The number of hydrogen-bond donors (Lipinski definition) is 0. The van der Waals surface area contributed by atoms with Gasteiger partial charge >= 0.3 is 0 Å². The van der Waals surface area contributed by atoms with Crippen molar-refractivity contribution < 1.29 is 9.18 Å². The third kappa shape index (κ3) is 3.50. The summed E-state index contributed by atoms with van der Waals surface area (Å²) in [6.45, 7) is 10.1. The monoisotopic (exact) mass is 412 g/mol. The Hall–Kier alpha value is -1.71. The van der Waals surface area contributed by atoms with Crippen molar-refractivity contribution in [1.82, 2.24) is 5.01 Å². The van der Waals surface area contributed by atoms with E-state index in [1.54, 1.807) is 6.07 Å². The van der Waals surface area contributed by atoms with E-state index in [0.29, 0.717) is 35.4 Å². The predicted molar refractivity (Wildman–Crippen MR) is 120 cm³/mol. The van der Waals surface area contributed by atoms with Crippen LogP contribution in [0.5, 0.6) is 0 Å². The first-order valence-electron chi connectivity index (χ1n) is 11.9. The normalized spacial score (nSPS) is 32.0. The number of hydrazone groups is 1. The van der Waals surface area contributed by atoms with Gasteiger partial charge in [0.25, 0.3) is 0 Å². The summed E-state index contributed by atoms with van der Waals surface area (Å²) in [5.41, 5.74) is 1.88. The van der Waals surface area contributed by atoms with E-state index in [1.165, 1.54) is 25.3 Å². The van der Waals surface area contributed by atoms with Crippen molar-refractivity contribution in [2.45, 2.75) is 85.1 Å². The third-order valence-electron chi connectivity index (χ3n) is 8.98. The molecule has 1 heterocycles. The molecule has 3 nitrogen and oxygen atoms in total. The van der Waals surface area contributed by atoms with Crippen LogP contribution >= 0.6 is 0 Å².